The van der Waals surface area contributed by atoms with Crippen molar-refractivity contribution in [1.82, 2.24) is 26.1 Å². The number of carbonyl (C=O) groups excluding carboxylic acids is 4. The molecule has 0 aliphatic carbocycles. The first-order chi connectivity index (χ1) is 20.1. The maximum atomic E-state index is 13.6. The fraction of sp³-hybridized carbons (Fsp3) is 0.516. The summed E-state index contributed by atoms with van der Waals surface area (Å²) in [5.41, 5.74) is 4.26. The van der Waals surface area contributed by atoms with Gasteiger partial charge in [0.25, 0.3) is 11.8 Å². The molecule has 3 aliphatic heterocycles. The van der Waals surface area contributed by atoms with Crippen molar-refractivity contribution in [3.63, 3.8) is 0 Å². The Morgan fingerprint density at radius 2 is 1.79 bits per heavy atom. The van der Waals surface area contributed by atoms with E-state index in [1.54, 1.807) is 26.8 Å². The van der Waals surface area contributed by atoms with E-state index in [2.05, 4.69) is 16.1 Å². The van der Waals surface area contributed by atoms with Crippen LogP contribution in [0.15, 0.2) is 36.4 Å². The standard InChI is InChI=1S/C31H39N5O6/c1-18(2)26-28(38)33-20(4)29(39)36-14-5-6-24(35-36)27(37)32-19(3)23-10-9-22-8-7-21(16-25(22)34-23)11-12-31(30(40)42-26)13-15-41-17-31/h7-12,16,18-20,24,26,35H,5-6,13-15,17H2,1-4H3,(H,32,37)(H,33,38)/b12-11+/t19-,20+,24+,26+,31+/m1/s1. The number of esters is 1. The van der Waals surface area contributed by atoms with Gasteiger partial charge in [-0.05, 0) is 56.7 Å². The highest BCUT2D eigenvalue weighted by Crippen LogP contribution is 2.34. The molecule has 11 nitrogen and oxygen atoms in total. The number of pyridine rings is 1. The number of nitrogens with zero attached hydrogens (tertiary/aromatic N) is 2. The lowest BCUT2D eigenvalue weighted by Gasteiger charge is -2.35. The lowest BCUT2D eigenvalue weighted by atomic mass is 9.86. The zero-order valence-electron chi connectivity index (χ0n) is 24.5. The van der Waals surface area contributed by atoms with E-state index in [-0.39, 0.29) is 30.4 Å². The molecule has 1 spiro atoms. The van der Waals surface area contributed by atoms with E-state index in [0.29, 0.717) is 38.1 Å². The van der Waals surface area contributed by atoms with Crippen LogP contribution >= 0.6 is 0 Å². The van der Waals surface area contributed by atoms with Gasteiger partial charge >= 0.3 is 5.97 Å². The molecule has 2 fully saturated rings. The van der Waals surface area contributed by atoms with E-state index in [1.807, 2.05) is 43.3 Å². The number of rotatable bonds is 1. The van der Waals surface area contributed by atoms with Crippen LogP contribution in [0.1, 0.15) is 64.3 Å². The largest absolute Gasteiger partial charge is 0.451 e. The van der Waals surface area contributed by atoms with E-state index in [1.165, 1.54) is 5.01 Å². The molecule has 3 N–H and O–H groups in total. The van der Waals surface area contributed by atoms with Crippen molar-refractivity contribution in [3.8, 4) is 0 Å². The van der Waals surface area contributed by atoms with Crippen molar-refractivity contribution in [2.75, 3.05) is 19.8 Å². The van der Waals surface area contributed by atoms with Gasteiger partial charge in [0, 0.05) is 18.5 Å². The van der Waals surface area contributed by atoms with Gasteiger partial charge in [-0.25, -0.2) is 5.43 Å². The van der Waals surface area contributed by atoms with Crippen LogP contribution in [0, 0.1) is 11.3 Å². The van der Waals surface area contributed by atoms with Crippen LogP contribution in [0.4, 0.5) is 0 Å². The number of cyclic esters (lactones) is 1. The van der Waals surface area contributed by atoms with Gasteiger partial charge in [0.1, 0.15) is 17.5 Å². The van der Waals surface area contributed by atoms with Crippen LogP contribution in [0.25, 0.3) is 17.0 Å². The summed E-state index contributed by atoms with van der Waals surface area (Å²) in [4.78, 5) is 58.2. The number of hydrogen-bond donors (Lipinski definition) is 3. The maximum absolute atomic E-state index is 13.6. The SMILES string of the molecule is CC(C)[C@@H]1OC(=O)[C@@]2(/C=C/c3ccc4ccc(nc4c3)[C@@H](C)NC(=O)[C@@H]3CCCN(N3)C(=O)[C@H](C)NC1=O)CCOC2. The molecule has 5 bridgehead atoms. The number of benzene rings is 1. The highest BCUT2D eigenvalue weighted by Gasteiger charge is 2.44. The Hall–Kier alpha value is -3.83. The average molecular weight is 578 g/mol. The normalized spacial score (nSPS) is 30.4. The first-order valence-electron chi connectivity index (χ1n) is 14.6. The number of carbonyl (C=O) groups is 4. The van der Waals surface area contributed by atoms with Gasteiger partial charge < -0.3 is 20.1 Å². The predicted octanol–water partition coefficient (Wildman–Crippen LogP) is 2.41. The van der Waals surface area contributed by atoms with Crippen molar-refractivity contribution < 1.29 is 28.7 Å². The van der Waals surface area contributed by atoms with E-state index >= 15 is 0 Å². The molecule has 2 saturated heterocycles. The fourth-order valence-corrected chi connectivity index (χ4v) is 5.53. The molecular weight excluding hydrogens is 538 g/mol. The molecule has 224 valence electrons. The average Bonchev–Trinajstić information content (AvgIpc) is 3.47. The smallest absolute Gasteiger partial charge is 0.319 e. The molecule has 1 aromatic heterocycles. The van der Waals surface area contributed by atoms with Crippen LogP contribution in [-0.4, -0.2) is 71.6 Å². The first kappa shape index (κ1) is 29.7. The number of ether oxygens (including phenoxy) is 2. The Bertz CT molecular complexity index is 1400. The summed E-state index contributed by atoms with van der Waals surface area (Å²) in [7, 11) is 0. The summed E-state index contributed by atoms with van der Waals surface area (Å²) in [6.07, 6.45) is 4.12. The minimum atomic E-state index is -1.11. The number of hydrogen-bond acceptors (Lipinski definition) is 8. The molecule has 5 rings (SSSR count). The Kier molecular flexibility index (Phi) is 8.60. The lowest BCUT2D eigenvalue weighted by Crippen LogP contribution is -2.61. The van der Waals surface area contributed by atoms with Gasteiger partial charge in [0.2, 0.25) is 5.91 Å². The Labute approximate surface area is 245 Å². The summed E-state index contributed by atoms with van der Waals surface area (Å²) in [6.45, 7) is 7.93. The Morgan fingerprint density at radius 3 is 2.52 bits per heavy atom. The highest BCUT2D eigenvalue weighted by atomic mass is 16.6. The summed E-state index contributed by atoms with van der Waals surface area (Å²) >= 11 is 0. The van der Waals surface area contributed by atoms with Crippen LogP contribution in [0.2, 0.25) is 0 Å². The third-order valence-corrected chi connectivity index (χ3v) is 8.19. The van der Waals surface area contributed by atoms with E-state index in [0.717, 1.165) is 16.5 Å². The molecule has 11 heteroatoms. The summed E-state index contributed by atoms with van der Waals surface area (Å²) in [5.74, 6) is -2.07. The Balaban J connectivity index is 1.52. The first-order valence-corrected chi connectivity index (χ1v) is 14.6. The predicted molar refractivity (Wildman–Crippen MR) is 155 cm³/mol. The summed E-state index contributed by atoms with van der Waals surface area (Å²) in [5, 5.41) is 8.06. The zero-order chi connectivity index (χ0) is 30.0. The zero-order valence-corrected chi connectivity index (χ0v) is 24.5. The van der Waals surface area contributed by atoms with Gasteiger partial charge in [-0.15, -0.1) is 0 Å². The maximum Gasteiger partial charge on any atom is 0.319 e. The van der Waals surface area contributed by atoms with Crippen LogP contribution in [0.5, 0.6) is 0 Å². The monoisotopic (exact) mass is 577 g/mol. The van der Waals surface area contributed by atoms with Crippen molar-refractivity contribution in [2.45, 2.75) is 71.2 Å². The molecule has 0 unspecified atom stereocenters. The highest BCUT2D eigenvalue weighted by molar-refractivity contribution is 5.92. The van der Waals surface area contributed by atoms with E-state index in [9.17, 15) is 19.2 Å². The third kappa shape index (κ3) is 6.17. The molecule has 3 aliphatic rings. The number of hydrazine groups is 1. The van der Waals surface area contributed by atoms with Crippen molar-refractivity contribution in [3.05, 3.63) is 47.7 Å². The second-order valence-corrected chi connectivity index (χ2v) is 11.8. The van der Waals surface area contributed by atoms with Crippen LogP contribution in [0.3, 0.4) is 0 Å². The number of aromatic nitrogens is 1. The molecule has 3 amide bonds. The Morgan fingerprint density at radius 1 is 1.02 bits per heavy atom. The molecule has 5 atom stereocenters. The second kappa shape index (κ2) is 12.2. The molecule has 0 saturated carbocycles. The van der Waals surface area contributed by atoms with Crippen LogP contribution in [-0.2, 0) is 28.7 Å². The van der Waals surface area contributed by atoms with Crippen molar-refractivity contribution in [1.29, 1.82) is 0 Å². The molecule has 2 aromatic rings. The fourth-order valence-electron chi connectivity index (χ4n) is 5.53. The molecule has 1 aromatic carbocycles. The van der Waals surface area contributed by atoms with Crippen molar-refractivity contribution in [2.24, 2.45) is 11.3 Å². The number of fused-ring (bicyclic) bond motifs is 4. The van der Waals surface area contributed by atoms with Gasteiger partial charge in [0.05, 0.1) is 23.9 Å². The number of nitrogens with one attached hydrogen (secondary N) is 3. The summed E-state index contributed by atoms with van der Waals surface area (Å²) in [6, 6.07) is 7.78. The molecule has 0 radical (unpaired) electrons. The summed E-state index contributed by atoms with van der Waals surface area (Å²) < 4.78 is 11.5. The third-order valence-electron chi connectivity index (χ3n) is 8.19. The number of amides is 3. The molecule has 42 heavy (non-hydrogen) atoms. The van der Waals surface area contributed by atoms with Gasteiger partial charge in [-0.1, -0.05) is 44.2 Å². The quantitative estimate of drug-likeness (QED) is 0.440. The minimum Gasteiger partial charge on any atom is -0.451 e. The topological polar surface area (TPSA) is 139 Å². The van der Waals surface area contributed by atoms with Crippen LogP contribution < -0.4 is 16.1 Å². The second-order valence-electron chi connectivity index (χ2n) is 11.8. The van der Waals surface area contributed by atoms with Gasteiger partial charge in [-0.2, -0.15) is 0 Å². The van der Waals surface area contributed by atoms with E-state index in [4.69, 9.17) is 14.5 Å². The van der Waals surface area contributed by atoms with Gasteiger partial charge in [0.15, 0.2) is 6.10 Å². The van der Waals surface area contributed by atoms with E-state index < -0.39 is 35.5 Å². The minimum absolute atomic E-state index is 0.138. The van der Waals surface area contributed by atoms with Gasteiger partial charge in [-0.3, -0.25) is 29.2 Å². The van der Waals surface area contributed by atoms with Crippen molar-refractivity contribution >= 4 is 40.7 Å². The lowest BCUT2D eigenvalue weighted by molar-refractivity contribution is -0.166. The molecule has 4 heterocycles. The molecular formula is C31H39N5O6.